The third-order valence-corrected chi connectivity index (χ3v) is 5.10. The van der Waals surface area contributed by atoms with Crippen molar-refractivity contribution in [3.63, 3.8) is 0 Å². The lowest BCUT2D eigenvalue weighted by atomic mass is 10.1. The molecule has 0 amide bonds. The number of nitrogens with zero attached hydrogens (tertiary/aromatic N) is 1. The van der Waals surface area contributed by atoms with Gasteiger partial charge in [-0.3, -0.25) is 4.79 Å². The number of thiazole rings is 1. The number of carbonyl (C=O) groups excluding carboxylic acids is 1. The normalized spacial score (nSPS) is 11.3. The van der Waals surface area contributed by atoms with Crippen LogP contribution in [0.2, 0.25) is 10.0 Å². The minimum atomic E-state index is 0.0667. The van der Waals surface area contributed by atoms with E-state index < -0.39 is 0 Å². The molecule has 120 valence electrons. The van der Waals surface area contributed by atoms with Crippen LogP contribution < -0.4 is 0 Å². The van der Waals surface area contributed by atoms with E-state index in [0.717, 1.165) is 20.8 Å². The second kappa shape index (κ2) is 7.01. The quantitative estimate of drug-likeness (QED) is 0.631. The van der Waals surface area contributed by atoms with Gasteiger partial charge in [-0.2, -0.15) is 0 Å². The maximum atomic E-state index is 12.3. The second-order valence-electron chi connectivity index (χ2n) is 5.04. The Morgan fingerprint density at radius 2 is 2.17 bits per heavy atom. The van der Waals surface area contributed by atoms with Gasteiger partial charge in [0.05, 0.1) is 29.2 Å². The van der Waals surface area contributed by atoms with Crippen LogP contribution in [-0.2, 0) is 29.0 Å². The van der Waals surface area contributed by atoms with Gasteiger partial charge >= 0.3 is 0 Å². The maximum Gasteiger partial charge on any atom is 0.154 e. The minimum Gasteiger partial charge on any atom is -0.462 e. The molecule has 0 bridgehead atoms. The maximum absolute atomic E-state index is 12.3. The zero-order chi connectivity index (χ0) is 16.4. The third kappa shape index (κ3) is 3.58. The molecule has 0 aliphatic rings. The van der Waals surface area contributed by atoms with Gasteiger partial charge in [0.2, 0.25) is 0 Å². The van der Waals surface area contributed by atoms with Crippen molar-refractivity contribution in [3.8, 4) is 0 Å². The Hall–Kier alpha value is -1.40. The summed E-state index contributed by atoms with van der Waals surface area (Å²) in [5.41, 5.74) is 1.32. The first-order valence-corrected chi connectivity index (χ1v) is 8.44. The Bertz CT molecular complexity index is 856. The predicted octanol–water partition coefficient (Wildman–Crippen LogP) is 4.70. The second-order valence-corrected chi connectivity index (χ2v) is 7.03. The molecule has 2 heterocycles. The molecule has 7 heteroatoms. The Kier molecular flexibility index (Phi) is 5.02. The molecule has 0 aliphatic heterocycles. The summed E-state index contributed by atoms with van der Waals surface area (Å²) in [4.78, 5) is 17.5. The molecule has 0 unspecified atom stereocenters. The van der Waals surface area contributed by atoms with Gasteiger partial charge in [-0.15, -0.1) is 11.3 Å². The van der Waals surface area contributed by atoms with Crippen molar-refractivity contribution in [1.29, 1.82) is 0 Å². The first-order chi connectivity index (χ1) is 11.1. The van der Waals surface area contributed by atoms with Gasteiger partial charge in [0.15, 0.2) is 5.58 Å². The molecule has 0 atom stereocenters. The van der Waals surface area contributed by atoms with Crippen molar-refractivity contribution >= 4 is 51.3 Å². The zero-order valence-corrected chi connectivity index (χ0v) is 14.6. The number of benzene rings is 1. The SMILES string of the molecule is COCc1cnc(CC(=O)Cc2coc3c(Cl)c(Cl)ccc23)s1. The molecule has 4 nitrogen and oxygen atoms in total. The number of Topliss-reactive ketones (excluding diaryl/α,β-unsaturated/α-hetero) is 1. The lowest BCUT2D eigenvalue weighted by Crippen LogP contribution is -2.05. The highest BCUT2D eigenvalue weighted by Crippen LogP contribution is 2.33. The molecule has 0 saturated heterocycles. The number of hydrogen-bond donors (Lipinski definition) is 0. The number of halogens is 2. The van der Waals surface area contributed by atoms with Gasteiger partial charge in [-0.05, 0) is 12.1 Å². The van der Waals surface area contributed by atoms with Gasteiger partial charge in [-0.25, -0.2) is 4.98 Å². The number of aromatic nitrogens is 1. The lowest BCUT2D eigenvalue weighted by Gasteiger charge is -1.99. The fraction of sp³-hybridized carbons (Fsp3) is 0.250. The molecular weight excluding hydrogens is 357 g/mol. The predicted molar refractivity (Wildman–Crippen MR) is 91.5 cm³/mol. The van der Waals surface area contributed by atoms with Crippen LogP contribution in [0.5, 0.6) is 0 Å². The Balaban J connectivity index is 1.73. The van der Waals surface area contributed by atoms with Crippen molar-refractivity contribution in [2.75, 3.05) is 7.11 Å². The number of furan rings is 1. The average molecular weight is 370 g/mol. The van der Waals surface area contributed by atoms with Gasteiger partial charge in [-0.1, -0.05) is 23.2 Å². The number of methoxy groups -OCH3 is 1. The number of ketones is 1. The van der Waals surface area contributed by atoms with Crippen LogP contribution in [-0.4, -0.2) is 17.9 Å². The Labute approximate surface area is 147 Å². The van der Waals surface area contributed by atoms with Gasteiger partial charge in [0.25, 0.3) is 0 Å². The van der Waals surface area contributed by atoms with E-state index in [1.54, 1.807) is 25.6 Å². The van der Waals surface area contributed by atoms with Crippen molar-refractivity contribution in [2.24, 2.45) is 0 Å². The molecular formula is C16H13Cl2NO3S. The van der Waals surface area contributed by atoms with Crippen LogP contribution in [0.1, 0.15) is 15.4 Å². The van der Waals surface area contributed by atoms with Crippen LogP contribution >= 0.6 is 34.5 Å². The third-order valence-electron chi connectivity index (χ3n) is 3.34. The van der Waals surface area contributed by atoms with E-state index in [9.17, 15) is 4.79 Å². The molecule has 3 rings (SSSR count). The molecule has 0 spiro atoms. The summed E-state index contributed by atoms with van der Waals surface area (Å²) in [7, 11) is 1.63. The summed E-state index contributed by atoms with van der Waals surface area (Å²) >= 11 is 13.6. The summed E-state index contributed by atoms with van der Waals surface area (Å²) in [5.74, 6) is 0.0667. The Morgan fingerprint density at radius 1 is 1.35 bits per heavy atom. The number of hydrogen-bond acceptors (Lipinski definition) is 5. The Morgan fingerprint density at radius 3 is 2.96 bits per heavy atom. The first-order valence-electron chi connectivity index (χ1n) is 6.86. The van der Waals surface area contributed by atoms with E-state index in [0.29, 0.717) is 28.7 Å². The van der Waals surface area contributed by atoms with Crippen LogP contribution in [0.15, 0.2) is 29.0 Å². The number of rotatable bonds is 6. The van der Waals surface area contributed by atoms with Crippen molar-refractivity contribution < 1.29 is 13.9 Å². The molecule has 2 aromatic heterocycles. The van der Waals surface area contributed by atoms with Crippen molar-refractivity contribution in [1.82, 2.24) is 4.98 Å². The van der Waals surface area contributed by atoms with E-state index in [2.05, 4.69) is 4.98 Å². The fourth-order valence-electron chi connectivity index (χ4n) is 2.31. The van der Waals surface area contributed by atoms with Crippen LogP contribution in [0.4, 0.5) is 0 Å². The van der Waals surface area contributed by atoms with Crippen LogP contribution in [0, 0.1) is 0 Å². The zero-order valence-electron chi connectivity index (χ0n) is 12.3. The summed E-state index contributed by atoms with van der Waals surface area (Å²) < 4.78 is 10.5. The number of fused-ring (bicyclic) bond motifs is 1. The van der Waals surface area contributed by atoms with Crippen LogP contribution in [0.3, 0.4) is 0 Å². The van der Waals surface area contributed by atoms with E-state index in [4.69, 9.17) is 32.4 Å². The standard InChI is InChI=1S/C16H13Cl2NO3S/c1-21-8-11-6-19-14(23-11)5-10(20)4-9-7-22-16-12(9)2-3-13(17)15(16)18/h2-3,6-7H,4-5,8H2,1H3. The van der Waals surface area contributed by atoms with Crippen molar-refractivity contribution in [2.45, 2.75) is 19.4 Å². The molecule has 3 aromatic rings. The lowest BCUT2D eigenvalue weighted by molar-refractivity contribution is -0.117. The van der Waals surface area contributed by atoms with Gasteiger partial charge in [0, 0.05) is 30.7 Å². The summed E-state index contributed by atoms with van der Waals surface area (Å²) in [6.07, 6.45) is 3.86. The van der Waals surface area contributed by atoms with Crippen LogP contribution in [0.25, 0.3) is 11.0 Å². The van der Waals surface area contributed by atoms with Gasteiger partial charge < -0.3 is 9.15 Å². The largest absolute Gasteiger partial charge is 0.462 e. The summed E-state index contributed by atoms with van der Waals surface area (Å²) in [6.45, 7) is 0.511. The molecule has 0 saturated carbocycles. The van der Waals surface area contributed by atoms with Crippen molar-refractivity contribution in [3.05, 3.63) is 50.1 Å². The van der Waals surface area contributed by atoms with Gasteiger partial charge in [0.1, 0.15) is 15.8 Å². The topological polar surface area (TPSA) is 52.3 Å². The fourth-order valence-corrected chi connectivity index (χ4v) is 3.59. The molecule has 23 heavy (non-hydrogen) atoms. The molecule has 0 N–H and O–H groups in total. The van der Waals surface area contributed by atoms with E-state index in [1.807, 2.05) is 6.07 Å². The van der Waals surface area contributed by atoms with E-state index in [1.165, 1.54) is 11.3 Å². The molecule has 0 fully saturated rings. The van der Waals surface area contributed by atoms with E-state index >= 15 is 0 Å². The molecule has 0 aliphatic carbocycles. The average Bonchev–Trinajstić information content (AvgIpc) is 3.11. The summed E-state index contributed by atoms with van der Waals surface area (Å²) in [6, 6.07) is 3.52. The smallest absolute Gasteiger partial charge is 0.154 e. The first kappa shape index (κ1) is 16.5. The highest BCUT2D eigenvalue weighted by molar-refractivity contribution is 7.11. The van der Waals surface area contributed by atoms with E-state index in [-0.39, 0.29) is 12.2 Å². The highest BCUT2D eigenvalue weighted by Gasteiger charge is 2.15. The highest BCUT2D eigenvalue weighted by atomic mass is 35.5. The molecule has 0 radical (unpaired) electrons. The number of carbonyl (C=O) groups is 1. The number of ether oxygens (including phenoxy) is 1. The summed E-state index contributed by atoms with van der Waals surface area (Å²) in [5, 5.41) is 2.40. The molecule has 1 aromatic carbocycles. The monoisotopic (exact) mass is 369 g/mol. The minimum absolute atomic E-state index is 0.0667.